The van der Waals surface area contributed by atoms with Crippen molar-refractivity contribution in [3.05, 3.63) is 71.8 Å². The van der Waals surface area contributed by atoms with Crippen LogP contribution in [0.25, 0.3) is 0 Å². The third-order valence-corrected chi connectivity index (χ3v) is 3.76. The number of aliphatic hydroxyl groups excluding tert-OH is 1. The van der Waals surface area contributed by atoms with Crippen molar-refractivity contribution < 1.29 is 9.90 Å². The Labute approximate surface area is 126 Å². The van der Waals surface area contributed by atoms with Crippen molar-refractivity contribution in [3.8, 4) is 0 Å². The highest BCUT2D eigenvalue weighted by Gasteiger charge is 2.29. The van der Waals surface area contributed by atoms with Gasteiger partial charge in [-0.2, -0.15) is 0 Å². The zero-order chi connectivity index (χ0) is 15.2. The van der Waals surface area contributed by atoms with Gasteiger partial charge < -0.3 is 5.11 Å². The summed E-state index contributed by atoms with van der Waals surface area (Å²) in [5.41, 5.74) is 1.87. The largest absolute Gasteiger partial charge is 0.388 e. The molecule has 0 bridgehead atoms. The number of hydrogen-bond acceptors (Lipinski definition) is 2. The fourth-order valence-electron chi connectivity index (χ4n) is 2.55. The van der Waals surface area contributed by atoms with Gasteiger partial charge >= 0.3 is 0 Å². The predicted molar refractivity (Wildman–Crippen MR) is 84.9 cm³/mol. The molecule has 2 nitrogen and oxygen atoms in total. The molecule has 2 rings (SSSR count). The van der Waals surface area contributed by atoms with E-state index in [1.54, 1.807) is 0 Å². The molecule has 0 unspecified atom stereocenters. The van der Waals surface area contributed by atoms with Crippen LogP contribution < -0.4 is 0 Å². The van der Waals surface area contributed by atoms with Gasteiger partial charge in [-0.1, -0.05) is 74.5 Å². The first-order valence-corrected chi connectivity index (χ1v) is 7.40. The Morgan fingerprint density at radius 2 is 1.48 bits per heavy atom. The average molecular weight is 282 g/mol. The smallest absolute Gasteiger partial charge is 0.141 e. The summed E-state index contributed by atoms with van der Waals surface area (Å²) in [6.07, 6.45) is -0.199. The number of rotatable bonds is 6. The molecule has 21 heavy (non-hydrogen) atoms. The molecule has 0 heterocycles. The molecule has 110 valence electrons. The van der Waals surface area contributed by atoms with E-state index in [4.69, 9.17) is 0 Å². The quantitative estimate of drug-likeness (QED) is 0.875. The van der Waals surface area contributed by atoms with E-state index in [0.717, 1.165) is 11.1 Å². The van der Waals surface area contributed by atoms with Crippen molar-refractivity contribution in [2.45, 2.75) is 26.4 Å². The van der Waals surface area contributed by atoms with Crippen LogP contribution in [0.15, 0.2) is 60.7 Å². The van der Waals surface area contributed by atoms with Gasteiger partial charge in [-0.25, -0.2) is 0 Å². The molecule has 2 heteroatoms. The summed E-state index contributed by atoms with van der Waals surface area (Å²) in [5.74, 6) is -0.387. The summed E-state index contributed by atoms with van der Waals surface area (Å²) < 4.78 is 0. The second-order valence-electron chi connectivity index (χ2n) is 5.71. The lowest BCUT2D eigenvalue weighted by atomic mass is 9.83. The Kier molecular flexibility index (Phi) is 5.29. The monoisotopic (exact) mass is 282 g/mol. The first kappa shape index (κ1) is 15.5. The number of benzene rings is 2. The molecule has 2 aromatic rings. The SMILES string of the molecule is CC(C)C(=O)[C@H](Cc1ccccc1)[C@@H](O)c1ccccc1. The molecule has 0 aliphatic carbocycles. The van der Waals surface area contributed by atoms with E-state index in [1.165, 1.54) is 0 Å². The highest BCUT2D eigenvalue weighted by Crippen LogP contribution is 2.28. The molecule has 2 aromatic carbocycles. The number of carbonyl (C=O) groups excluding carboxylic acids is 1. The van der Waals surface area contributed by atoms with Gasteiger partial charge in [0, 0.05) is 5.92 Å². The standard InChI is InChI=1S/C19H22O2/c1-14(2)18(20)17(13-15-9-5-3-6-10-15)19(21)16-11-7-4-8-12-16/h3-12,14,17,19,21H,13H2,1-2H3/t17-,19-/m0/s1. The van der Waals surface area contributed by atoms with E-state index in [2.05, 4.69) is 0 Å². The third-order valence-electron chi connectivity index (χ3n) is 3.76. The third kappa shape index (κ3) is 4.02. The molecule has 0 fully saturated rings. The van der Waals surface area contributed by atoms with Gasteiger partial charge in [0.15, 0.2) is 0 Å². The fourth-order valence-corrected chi connectivity index (χ4v) is 2.55. The van der Waals surface area contributed by atoms with Crippen molar-refractivity contribution in [2.24, 2.45) is 11.8 Å². The van der Waals surface area contributed by atoms with Crippen LogP contribution in [0, 0.1) is 11.8 Å². The summed E-state index contributed by atoms with van der Waals surface area (Å²) in [6, 6.07) is 19.3. The van der Waals surface area contributed by atoms with Gasteiger partial charge in [0.2, 0.25) is 0 Å². The molecule has 0 radical (unpaired) electrons. The zero-order valence-corrected chi connectivity index (χ0v) is 12.6. The topological polar surface area (TPSA) is 37.3 Å². The van der Waals surface area contributed by atoms with E-state index < -0.39 is 12.0 Å². The summed E-state index contributed by atoms with van der Waals surface area (Å²) in [7, 11) is 0. The summed E-state index contributed by atoms with van der Waals surface area (Å²) in [6.45, 7) is 3.77. The Morgan fingerprint density at radius 1 is 0.952 bits per heavy atom. The molecule has 0 saturated carbocycles. The molecule has 0 aliphatic heterocycles. The van der Waals surface area contributed by atoms with Crippen molar-refractivity contribution in [2.75, 3.05) is 0 Å². The van der Waals surface area contributed by atoms with E-state index in [9.17, 15) is 9.90 Å². The zero-order valence-electron chi connectivity index (χ0n) is 12.6. The molecule has 2 atom stereocenters. The first-order valence-electron chi connectivity index (χ1n) is 7.40. The predicted octanol–water partition coefficient (Wildman–Crippen LogP) is 3.80. The van der Waals surface area contributed by atoms with E-state index in [1.807, 2.05) is 74.5 Å². The lowest BCUT2D eigenvalue weighted by molar-refractivity contribution is -0.129. The lowest BCUT2D eigenvalue weighted by Gasteiger charge is -2.24. The molecule has 0 spiro atoms. The van der Waals surface area contributed by atoms with Gasteiger partial charge in [-0.3, -0.25) is 4.79 Å². The van der Waals surface area contributed by atoms with E-state index >= 15 is 0 Å². The minimum Gasteiger partial charge on any atom is -0.388 e. The van der Waals surface area contributed by atoms with Gasteiger partial charge in [-0.05, 0) is 17.5 Å². The highest BCUT2D eigenvalue weighted by atomic mass is 16.3. The first-order chi connectivity index (χ1) is 10.1. The summed E-state index contributed by atoms with van der Waals surface area (Å²) in [4.78, 5) is 12.5. The van der Waals surface area contributed by atoms with Gasteiger partial charge in [0.1, 0.15) is 5.78 Å². The molecular weight excluding hydrogens is 260 g/mol. The number of Topliss-reactive ketones (excluding diaryl/α,β-unsaturated/α-hetero) is 1. The van der Waals surface area contributed by atoms with Crippen LogP contribution in [0.1, 0.15) is 31.1 Å². The summed E-state index contributed by atoms with van der Waals surface area (Å²) in [5, 5.41) is 10.6. The Bertz CT molecular complexity index is 561. The Hall–Kier alpha value is -1.93. The molecule has 0 aliphatic rings. The number of ketones is 1. The molecule has 0 aromatic heterocycles. The normalized spacial score (nSPS) is 13.9. The molecular formula is C19H22O2. The van der Waals surface area contributed by atoms with Gasteiger partial charge in [-0.15, -0.1) is 0 Å². The average Bonchev–Trinajstić information content (AvgIpc) is 2.53. The Morgan fingerprint density at radius 3 is 2.00 bits per heavy atom. The van der Waals surface area contributed by atoms with Crippen LogP contribution in [0.5, 0.6) is 0 Å². The van der Waals surface area contributed by atoms with Crippen molar-refractivity contribution in [3.63, 3.8) is 0 Å². The highest BCUT2D eigenvalue weighted by molar-refractivity contribution is 5.83. The minimum atomic E-state index is -0.763. The summed E-state index contributed by atoms with van der Waals surface area (Å²) >= 11 is 0. The number of carbonyl (C=O) groups is 1. The van der Waals surface area contributed by atoms with E-state index in [-0.39, 0.29) is 11.7 Å². The van der Waals surface area contributed by atoms with Gasteiger partial charge in [0.25, 0.3) is 0 Å². The maximum Gasteiger partial charge on any atom is 0.141 e. The van der Waals surface area contributed by atoms with E-state index in [0.29, 0.717) is 6.42 Å². The van der Waals surface area contributed by atoms with Crippen LogP contribution >= 0.6 is 0 Å². The number of hydrogen-bond donors (Lipinski definition) is 1. The maximum atomic E-state index is 12.5. The lowest BCUT2D eigenvalue weighted by Crippen LogP contribution is -2.28. The minimum absolute atomic E-state index is 0.0860. The van der Waals surface area contributed by atoms with Gasteiger partial charge in [0.05, 0.1) is 12.0 Å². The molecule has 0 amide bonds. The van der Waals surface area contributed by atoms with Crippen LogP contribution in [0.4, 0.5) is 0 Å². The number of aliphatic hydroxyl groups is 1. The molecule has 1 N–H and O–H groups in total. The Balaban J connectivity index is 2.26. The van der Waals surface area contributed by atoms with Crippen LogP contribution in [-0.4, -0.2) is 10.9 Å². The van der Waals surface area contributed by atoms with Crippen molar-refractivity contribution in [1.82, 2.24) is 0 Å². The second-order valence-corrected chi connectivity index (χ2v) is 5.71. The van der Waals surface area contributed by atoms with Crippen molar-refractivity contribution in [1.29, 1.82) is 0 Å². The van der Waals surface area contributed by atoms with Crippen molar-refractivity contribution >= 4 is 5.78 Å². The molecule has 0 saturated heterocycles. The fraction of sp³-hybridized carbons (Fsp3) is 0.316. The second kappa shape index (κ2) is 7.19. The maximum absolute atomic E-state index is 12.5. The van der Waals surface area contributed by atoms with Crippen LogP contribution in [0.2, 0.25) is 0 Å². The van der Waals surface area contributed by atoms with Crippen LogP contribution in [0.3, 0.4) is 0 Å². The van der Waals surface area contributed by atoms with Crippen LogP contribution in [-0.2, 0) is 11.2 Å².